The number of nitrogens with zero attached hydrogens (tertiary/aromatic N) is 4. The summed E-state index contributed by atoms with van der Waals surface area (Å²) in [6.45, 7) is 1.34. The van der Waals surface area contributed by atoms with Crippen LogP contribution >= 0.6 is 0 Å². The Labute approximate surface area is 163 Å². The molecule has 2 aliphatic rings. The van der Waals surface area contributed by atoms with Crippen LogP contribution in [0.4, 0.5) is 0 Å². The third-order valence-corrected chi connectivity index (χ3v) is 5.51. The lowest BCUT2D eigenvalue weighted by atomic mass is 10.1. The SMILES string of the molecule is COc1nc2c(cc1CNC(=O)CCn1cccn1)C(=O)N(C1CCCC1)C2. The summed E-state index contributed by atoms with van der Waals surface area (Å²) in [6.07, 6.45) is 8.32. The van der Waals surface area contributed by atoms with Gasteiger partial charge >= 0.3 is 0 Å². The van der Waals surface area contributed by atoms with Crippen LogP contribution in [-0.4, -0.2) is 44.6 Å². The summed E-state index contributed by atoms with van der Waals surface area (Å²) >= 11 is 0. The Morgan fingerprint density at radius 3 is 2.89 bits per heavy atom. The number of aryl methyl sites for hydroxylation is 1. The van der Waals surface area contributed by atoms with E-state index in [-0.39, 0.29) is 18.4 Å². The number of hydrogen-bond acceptors (Lipinski definition) is 5. The quantitative estimate of drug-likeness (QED) is 0.789. The average Bonchev–Trinajstić information content (AvgIpc) is 3.46. The molecule has 3 heterocycles. The van der Waals surface area contributed by atoms with E-state index in [2.05, 4.69) is 15.4 Å². The molecule has 4 rings (SSSR count). The highest BCUT2D eigenvalue weighted by Gasteiger charge is 2.35. The van der Waals surface area contributed by atoms with Gasteiger partial charge in [-0.3, -0.25) is 14.3 Å². The fourth-order valence-corrected chi connectivity index (χ4v) is 4.01. The van der Waals surface area contributed by atoms with Crippen molar-refractivity contribution >= 4 is 11.8 Å². The first-order chi connectivity index (χ1) is 13.7. The topological polar surface area (TPSA) is 89.3 Å². The molecule has 148 valence electrons. The second-order valence-corrected chi connectivity index (χ2v) is 7.32. The number of amides is 2. The van der Waals surface area contributed by atoms with Gasteiger partial charge in [0.05, 0.1) is 24.9 Å². The van der Waals surface area contributed by atoms with Gasteiger partial charge in [-0.1, -0.05) is 12.8 Å². The third-order valence-electron chi connectivity index (χ3n) is 5.51. The Morgan fingerprint density at radius 1 is 1.36 bits per heavy atom. The second-order valence-electron chi connectivity index (χ2n) is 7.32. The summed E-state index contributed by atoms with van der Waals surface area (Å²) in [5.74, 6) is 0.424. The monoisotopic (exact) mass is 383 g/mol. The number of nitrogens with one attached hydrogen (secondary N) is 1. The number of carbonyl (C=O) groups excluding carboxylic acids is 2. The van der Waals surface area contributed by atoms with Gasteiger partial charge in [-0.05, 0) is 25.0 Å². The van der Waals surface area contributed by atoms with Gasteiger partial charge in [-0.2, -0.15) is 5.10 Å². The molecule has 2 aromatic heterocycles. The van der Waals surface area contributed by atoms with Crippen molar-refractivity contribution in [2.75, 3.05) is 7.11 Å². The van der Waals surface area contributed by atoms with Crippen LogP contribution in [-0.2, 0) is 24.4 Å². The normalized spacial score (nSPS) is 16.5. The lowest BCUT2D eigenvalue weighted by molar-refractivity contribution is -0.121. The van der Waals surface area contributed by atoms with Crippen LogP contribution in [0.3, 0.4) is 0 Å². The highest BCUT2D eigenvalue weighted by molar-refractivity contribution is 5.98. The molecule has 1 fully saturated rings. The van der Waals surface area contributed by atoms with E-state index in [1.807, 2.05) is 23.2 Å². The number of ether oxygens (including phenoxy) is 1. The molecule has 0 atom stereocenters. The first-order valence-electron chi connectivity index (χ1n) is 9.77. The van der Waals surface area contributed by atoms with Crippen molar-refractivity contribution in [3.63, 3.8) is 0 Å². The van der Waals surface area contributed by atoms with Gasteiger partial charge in [0.25, 0.3) is 5.91 Å². The van der Waals surface area contributed by atoms with E-state index in [1.165, 1.54) is 12.8 Å². The van der Waals surface area contributed by atoms with Gasteiger partial charge in [0.2, 0.25) is 11.8 Å². The van der Waals surface area contributed by atoms with Crippen molar-refractivity contribution in [3.05, 3.63) is 41.3 Å². The summed E-state index contributed by atoms with van der Waals surface area (Å²) in [7, 11) is 1.56. The average molecular weight is 383 g/mol. The van der Waals surface area contributed by atoms with E-state index in [0.29, 0.717) is 37.0 Å². The van der Waals surface area contributed by atoms with Gasteiger partial charge < -0.3 is 15.0 Å². The van der Waals surface area contributed by atoms with Gasteiger partial charge in [-0.15, -0.1) is 0 Å². The maximum absolute atomic E-state index is 12.9. The molecule has 28 heavy (non-hydrogen) atoms. The predicted octanol–water partition coefficient (Wildman–Crippen LogP) is 1.89. The van der Waals surface area contributed by atoms with Crippen molar-refractivity contribution in [1.29, 1.82) is 0 Å². The fourth-order valence-electron chi connectivity index (χ4n) is 4.01. The minimum absolute atomic E-state index is 0.0447. The third kappa shape index (κ3) is 3.72. The van der Waals surface area contributed by atoms with E-state index >= 15 is 0 Å². The highest BCUT2D eigenvalue weighted by Crippen LogP contribution is 2.33. The van der Waals surface area contributed by atoms with Crippen LogP contribution in [0.5, 0.6) is 5.88 Å². The van der Waals surface area contributed by atoms with E-state index < -0.39 is 0 Å². The van der Waals surface area contributed by atoms with Crippen LogP contribution in [0.15, 0.2) is 24.5 Å². The molecule has 1 saturated carbocycles. The number of hydrogen-bond donors (Lipinski definition) is 1. The Hall–Kier alpha value is -2.90. The van der Waals surface area contributed by atoms with Crippen LogP contribution in [0, 0.1) is 0 Å². The van der Waals surface area contributed by atoms with Crippen LogP contribution in [0.2, 0.25) is 0 Å². The van der Waals surface area contributed by atoms with Crippen molar-refractivity contribution in [1.82, 2.24) is 25.0 Å². The summed E-state index contributed by atoms with van der Waals surface area (Å²) in [4.78, 5) is 31.5. The number of rotatable bonds is 7. The van der Waals surface area contributed by atoms with Crippen molar-refractivity contribution in [3.8, 4) is 5.88 Å². The second kappa shape index (κ2) is 8.00. The standard InChI is InChI=1S/C20H25N5O3/c1-28-19-14(12-21-18(26)7-10-24-9-4-8-22-24)11-16-17(23-19)13-25(20(16)27)15-5-2-3-6-15/h4,8-9,11,15H,2-3,5-7,10,12-13H2,1H3,(H,21,26). The Balaban J connectivity index is 1.42. The van der Waals surface area contributed by atoms with Crippen molar-refractivity contribution in [2.45, 2.75) is 57.8 Å². The van der Waals surface area contributed by atoms with E-state index in [9.17, 15) is 9.59 Å². The molecule has 0 radical (unpaired) electrons. The van der Waals surface area contributed by atoms with Crippen LogP contribution in [0.25, 0.3) is 0 Å². The first kappa shape index (κ1) is 18.5. The molecule has 0 unspecified atom stereocenters. The number of pyridine rings is 1. The maximum Gasteiger partial charge on any atom is 0.256 e. The zero-order chi connectivity index (χ0) is 19.5. The summed E-state index contributed by atoms with van der Waals surface area (Å²) in [5.41, 5.74) is 2.12. The summed E-state index contributed by atoms with van der Waals surface area (Å²) < 4.78 is 7.13. The van der Waals surface area contributed by atoms with Gasteiger partial charge in [0.1, 0.15) is 0 Å². The molecule has 2 amide bonds. The largest absolute Gasteiger partial charge is 0.481 e. The molecule has 1 aliphatic carbocycles. The highest BCUT2D eigenvalue weighted by atomic mass is 16.5. The number of carbonyl (C=O) groups is 2. The summed E-state index contributed by atoms with van der Waals surface area (Å²) in [6, 6.07) is 3.97. The van der Waals surface area contributed by atoms with Crippen molar-refractivity contribution in [2.24, 2.45) is 0 Å². The van der Waals surface area contributed by atoms with Gasteiger partial charge in [0, 0.05) is 43.5 Å². The predicted molar refractivity (Wildman–Crippen MR) is 102 cm³/mol. The molecule has 0 saturated heterocycles. The lowest BCUT2D eigenvalue weighted by Gasteiger charge is -2.22. The molecule has 0 aromatic carbocycles. The molecule has 0 bridgehead atoms. The fraction of sp³-hybridized carbons (Fsp3) is 0.500. The molecule has 8 nitrogen and oxygen atoms in total. The molecule has 8 heteroatoms. The molecule has 1 aliphatic heterocycles. The first-order valence-corrected chi connectivity index (χ1v) is 9.77. The molecule has 2 aromatic rings. The smallest absolute Gasteiger partial charge is 0.256 e. The van der Waals surface area contributed by atoms with Crippen LogP contribution < -0.4 is 10.1 Å². The lowest BCUT2D eigenvalue weighted by Crippen LogP contribution is -2.33. The minimum Gasteiger partial charge on any atom is -0.481 e. The van der Waals surface area contributed by atoms with Gasteiger partial charge in [-0.25, -0.2) is 4.98 Å². The van der Waals surface area contributed by atoms with Gasteiger partial charge in [0.15, 0.2) is 0 Å². The Morgan fingerprint density at radius 2 is 2.18 bits per heavy atom. The molecule has 1 N–H and O–H groups in total. The molecule has 0 spiro atoms. The van der Waals surface area contributed by atoms with Crippen molar-refractivity contribution < 1.29 is 14.3 Å². The zero-order valence-corrected chi connectivity index (χ0v) is 16.1. The zero-order valence-electron chi connectivity index (χ0n) is 16.1. The van der Waals surface area contributed by atoms with E-state index in [1.54, 1.807) is 18.0 Å². The Bertz CT molecular complexity index is 859. The Kier molecular flexibility index (Phi) is 5.27. The van der Waals surface area contributed by atoms with Crippen LogP contribution in [0.1, 0.15) is 53.7 Å². The number of methoxy groups -OCH3 is 1. The number of aromatic nitrogens is 3. The molecular weight excluding hydrogens is 358 g/mol. The minimum atomic E-state index is -0.0861. The molecular formula is C20H25N5O3. The number of fused-ring (bicyclic) bond motifs is 1. The van der Waals surface area contributed by atoms with E-state index in [0.717, 1.165) is 24.1 Å². The van der Waals surface area contributed by atoms with E-state index in [4.69, 9.17) is 4.74 Å². The maximum atomic E-state index is 12.9. The summed E-state index contributed by atoms with van der Waals surface area (Å²) in [5, 5.41) is 6.97.